The molecule has 0 bridgehead atoms. The molecule has 1 aromatic heterocycles. The number of fused-ring (bicyclic) bond motifs is 1. The second kappa shape index (κ2) is 8.10. The van der Waals surface area contributed by atoms with Crippen LogP contribution in [0, 0.1) is 0 Å². The summed E-state index contributed by atoms with van der Waals surface area (Å²) in [6, 6.07) is 11.1. The van der Waals surface area contributed by atoms with Crippen molar-refractivity contribution in [3.05, 3.63) is 65.5 Å². The van der Waals surface area contributed by atoms with Gasteiger partial charge in [-0.05, 0) is 37.4 Å². The molecule has 1 aromatic carbocycles. The molecule has 3 rings (SSSR count). The summed E-state index contributed by atoms with van der Waals surface area (Å²) in [5.74, 6) is -0.599. The molecular formula is C20H23N3O3. The van der Waals surface area contributed by atoms with Gasteiger partial charge in [0.05, 0.1) is 5.56 Å². The Labute approximate surface area is 153 Å². The van der Waals surface area contributed by atoms with Gasteiger partial charge in [0.25, 0.3) is 5.91 Å². The summed E-state index contributed by atoms with van der Waals surface area (Å²) in [7, 11) is 3.92. The van der Waals surface area contributed by atoms with Crippen LogP contribution in [0.3, 0.4) is 0 Å². The molecule has 136 valence electrons. The van der Waals surface area contributed by atoms with E-state index < -0.39 is 12.1 Å². The number of aromatic nitrogens is 1. The summed E-state index contributed by atoms with van der Waals surface area (Å²) in [5.41, 5.74) is 2.35. The van der Waals surface area contributed by atoms with Gasteiger partial charge in [-0.15, -0.1) is 0 Å². The third kappa shape index (κ3) is 4.26. The number of rotatable bonds is 6. The molecule has 0 aliphatic carbocycles. The minimum atomic E-state index is -0.781. The van der Waals surface area contributed by atoms with Crippen LogP contribution >= 0.6 is 0 Å². The van der Waals surface area contributed by atoms with E-state index in [9.17, 15) is 9.59 Å². The quantitative estimate of drug-likeness (QED) is 0.741. The van der Waals surface area contributed by atoms with E-state index in [1.54, 1.807) is 29.4 Å². The molecule has 1 amide bonds. The Morgan fingerprint density at radius 1 is 1.19 bits per heavy atom. The second-order valence-electron chi connectivity index (χ2n) is 6.68. The van der Waals surface area contributed by atoms with E-state index in [2.05, 4.69) is 4.98 Å². The fourth-order valence-corrected chi connectivity index (χ4v) is 2.97. The average molecular weight is 353 g/mol. The fraction of sp³-hybridized carbons (Fsp3) is 0.350. The van der Waals surface area contributed by atoms with Gasteiger partial charge in [0, 0.05) is 38.4 Å². The number of carbonyl (C=O) groups is 2. The smallest absolute Gasteiger partial charge is 0.339 e. The van der Waals surface area contributed by atoms with E-state index in [1.165, 1.54) is 0 Å². The van der Waals surface area contributed by atoms with E-state index >= 15 is 0 Å². The normalized spacial score (nSPS) is 16.1. The Morgan fingerprint density at radius 2 is 2.00 bits per heavy atom. The van der Waals surface area contributed by atoms with Gasteiger partial charge in [0.15, 0.2) is 6.10 Å². The molecule has 0 N–H and O–H groups in total. The highest BCUT2D eigenvalue weighted by Gasteiger charge is 2.33. The number of esters is 1. The van der Waals surface area contributed by atoms with Crippen LogP contribution in [-0.2, 0) is 22.5 Å². The Kier molecular flexibility index (Phi) is 5.63. The molecule has 26 heavy (non-hydrogen) atoms. The SMILES string of the molecule is CN(C)CCN(Cc1cccnc1)C(=O)C1Cc2ccccc2C(=O)O1. The van der Waals surface area contributed by atoms with Crippen LogP contribution in [0.1, 0.15) is 21.5 Å². The molecule has 0 saturated carbocycles. The number of benzene rings is 1. The molecule has 0 saturated heterocycles. The van der Waals surface area contributed by atoms with Crippen molar-refractivity contribution in [1.82, 2.24) is 14.8 Å². The fourth-order valence-electron chi connectivity index (χ4n) is 2.97. The molecule has 1 aliphatic heterocycles. The van der Waals surface area contributed by atoms with Crippen molar-refractivity contribution in [1.29, 1.82) is 0 Å². The highest BCUT2D eigenvalue weighted by molar-refractivity contribution is 5.95. The van der Waals surface area contributed by atoms with Gasteiger partial charge >= 0.3 is 5.97 Å². The third-order valence-corrected chi connectivity index (χ3v) is 4.39. The predicted molar refractivity (Wildman–Crippen MR) is 97.6 cm³/mol. The number of amides is 1. The largest absolute Gasteiger partial charge is 0.448 e. The second-order valence-corrected chi connectivity index (χ2v) is 6.68. The summed E-state index contributed by atoms with van der Waals surface area (Å²) < 4.78 is 5.44. The van der Waals surface area contributed by atoms with Crippen LogP contribution in [0.25, 0.3) is 0 Å². The van der Waals surface area contributed by atoms with Gasteiger partial charge in [0.1, 0.15) is 0 Å². The highest BCUT2D eigenvalue weighted by Crippen LogP contribution is 2.22. The van der Waals surface area contributed by atoms with Gasteiger partial charge in [-0.2, -0.15) is 0 Å². The lowest BCUT2D eigenvalue weighted by Gasteiger charge is -2.30. The van der Waals surface area contributed by atoms with Crippen molar-refractivity contribution in [2.24, 2.45) is 0 Å². The van der Waals surface area contributed by atoms with Gasteiger partial charge in [-0.3, -0.25) is 9.78 Å². The van der Waals surface area contributed by atoms with Crippen molar-refractivity contribution >= 4 is 11.9 Å². The maximum Gasteiger partial charge on any atom is 0.339 e. The first kappa shape index (κ1) is 18.1. The number of ether oxygens (including phenoxy) is 1. The monoisotopic (exact) mass is 353 g/mol. The minimum absolute atomic E-state index is 0.168. The van der Waals surface area contributed by atoms with Crippen molar-refractivity contribution < 1.29 is 14.3 Å². The topological polar surface area (TPSA) is 62.7 Å². The van der Waals surface area contributed by atoms with Crippen molar-refractivity contribution in [3.8, 4) is 0 Å². The zero-order valence-electron chi connectivity index (χ0n) is 15.1. The number of carbonyl (C=O) groups excluding carboxylic acids is 2. The van der Waals surface area contributed by atoms with E-state index in [0.717, 1.165) is 17.7 Å². The van der Waals surface area contributed by atoms with Crippen LogP contribution < -0.4 is 0 Å². The van der Waals surface area contributed by atoms with Gasteiger partial charge < -0.3 is 14.5 Å². The summed E-state index contributed by atoms with van der Waals surface area (Å²) in [4.78, 5) is 33.2. The van der Waals surface area contributed by atoms with Crippen LogP contribution in [0.5, 0.6) is 0 Å². The average Bonchev–Trinajstić information content (AvgIpc) is 2.65. The molecule has 1 atom stereocenters. The van der Waals surface area contributed by atoms with Crippen molar-refractivity contribution in [3.63, 3.8) is 0 Å². The van der Waals surface area contributed by atoms with E-state index in [4.69, 9.17) is 4.74 Å². The van der Waals surface area contributed by atoms with Gasteiger partial charge in [0.2, 0.25) is 0 Å². The molecule has 6 nitrogen and oxygen atoms in total. The number of hydrogen-bond acceptors (Lipinski definition) is 5. The van der Waals surface area contributed by atoms with Crippen molar-refractivity contribution in [2.45, 2.75) is 19.1 Å². The maximum absolute atomic E-state index is 13.1. The Hall–Kier alpha value is -2.73. The highest BCUT2D eigenvalue weighted by atomic mass is 16.5. The predicted octanol–water partition coefficient (Wildman–Crippen LogP) is 1.75. The number of hydrogen-bond donors (Lipinski definition) is 0. The summed E-state index contributed by atoms with van der Waals surface area (Å²) in [6.45, 7) is 1.72. The molecule has 0 spiro atoms. The van der Waals surface area contributed by atoms with Crippen LogP contribution in [0.15, 0.2) is 48.8 Å². The van der Waals surface area contributed by atoms with Crippen molar-refractivity contribution in [2.75, 3.05) is 27.2 Å². The van der Waals surface area contributed by atoms with Crippen LogP contribution in [0.2, 0.25) is 0 Å². The lowest BCUT2D eigenvalue weighted by molar-refractivity contribution is -0.141. The molecule has 1 unspecified atom stereocenters. The first-order valence-electron chi connectivity index (χ1n) is 8.66. The first-order valence-corrected chi connectivity index (χ1v) is 8.66. The van der Waals surface area contributed by atoms with Gasteiger partial charge in [-0.1, -0.05) is 24.3 Å². The molecule has 1 aliphatic rings. The summed E-state index contributed by atoms with van der Waals surface area (Å²) >= 11 is 0. The van der Waals surface area contributed by atoms with Gasteiger partial charge in [-0.25, -0.2) is 4.79 Å². The zero-order valence-corrected chi connectivity index (χ0v) is 15.1. The third-order valence-electron chi connectivity index (χ3n) is 4.39. The molecule has 2 aromatic rings. The lowest BCUT2D eigenvalue weighted by Crippen LogP contribution is -2.46. The van der Waals surface area contributed by atoms with Crippen LogP contribution in [-0.4, -0.2) is 59.9 Å². The molecule has 0 radical (unpaired) electrons. The Morgan fingerprint density at radius 3 is 2.73 bits per heavy atom. The van der Waals surface area contributed by atoms with E-state index in [1.807, 2.05) is 43.3 Å². The zero-order chi connectivity index (χ0) is 18.5. The molecule has 2 heterocycles. The summed E-state index contributed by atoms with van der Waals surface area (Å²) in [6.07, 6.45) is 3.08. The molecule has 0 fully saturated rings. The standard InChI is InChI=1S/C20H23N3O3/c1-22(2)10-11-23(14-15-6-5-9-21-13-15)19(24)18-12-16-7-3-4-8-17(16)20(25)26-18/h3-9,13,18H,10-12,14H2,1-2H3. The molecule has 6 heteroatoms. The maximum atomic E-state index is 13.1. The lowest BCUT2D eigenvalue weighted by atomic mass is 9.98. The molecular weight excluding hydrogens is 330 g/mol. The first-order chi connectivity index (χ1) is 12.5. The summed E-state index contributed by atoms with van der Waals surface area (Å²) in [5, 5.41) is 0. The van der Waals surface area contributed by atoms with E-state index in [-0.39, 0.29) is 5.91 Å². The Bertz CT molecular complexity index is 777. The van der Waals surface area contributed by atoms with E-state index in [0.29, 0.717) is 25.1 Å². The number of pyridine rings is 1. The number of likely N-dealkylation sites (N-methyl/N-ethyl adjacent to an activating group) is 1. The number of cyclic esters (lactones) is 1. The minimum Gasteiger partial charge on any atom is -0.448 e. The Balaban J connectivity index is 1.77. The number of nitrogens with zero attached hydrogens (tertiary/aromatic N) is 3. The van der Waals surface area contributed by atoms with Crippen LogP contribution in [0.4, 0.5) is 0 Å².